The molecule has 2 heterocycles. The molecule has 0 saturated heterocycles. The number of rotatable bonds is 6. The highest BCUT2D eigenvalue weighted by atomic mass is 32.1. The summed E-state index contributed by atoms with van der Waals surface area (Å²) >= 11 is 1.29. The van der Waals surface area contributed by atoms with Gasteiger partial charge in [-0.1, -0.05) is 46.3 Å². The van der Waals surface area contributed by atoms with Crippen molar-refractivity contribution in [1.82, 2.24) is 20.3 Å². The first-order valence-corrected chi connectivity index (χ1v) is 8.04. The van der Waals surface area contributed by atoms with Gasteiger partial charge in [-0.15, -0.1) is 10.2 Å². The number of hydrogen-bond acceptors (Lipinski definition) is 7. The summed E-state index contributed by atoms with van der Waals surface area (Å²) in [5, 5.41) is 14.6. The number of nitrogens with one attached hydrogen (secondary N) is 1. The molecule has 2 aromatic heterocycles. The third-order valence-electron chi connectivity index (χ3n) is 3.18. The Kier molecular flexibility index (Phi) is 4.72. The summed E-state index contributed by atoms with van der Waals surface area (Å²) in [4.78, 5) is 16.1. The Hall–Kier alpha value is -2.61. The van der Waals surface area contributed by atoms with Crippen molar-refractivity contribution in [1.29, 1.82) is 0 Å². The Bertz CT molecular complexity index is 768. The van der Waals surface area contributed by atoms with Crippen LogP contribution in [0.5, 0.6) is 0 Å². The third-order valence-corrected chi connectivity index (χ3v) is 3.79. The molecule has 118 valence electrons. The van der Waals surface area contributed by atoms with Gasteiger partial charge in [0.1, 0.15) is 5.51 Å². The summed E-state index contributed by atoms with van der Waals surface area (Å²) in [5.41, 5.74) is 3.67. The Labute approximate surface area is 136 Å². The summed E-state index contributed by atoms with van der Waals surface area (Å²) in [6.45, 7) is 2.03. The average molecular weight is 329 g/mol. The molecule has 0 atom stereocenters. The first kappa shape index (κ1) is 15.3. The maximum atomic E-state index is 11.7. The lowest BCUT2D eigenvalue weighted by molar-refractivity contribution is -0.116. The molecule has 0 spiro atoms. The predicted molar refractivity (Wildman–Crippen MR) is 85.9 cm³/mol. The van der Waals surface area contributed by atoms with E-state index in [4.69, 9.17) is 4.52 Å². The van der Waals surface area contributed by atoms with E-state index in [-0.39, 0.29) is 5.91 Å². The zero-order chi connectivity index (χ0) is 16.1. The number of nitrogens with zero attached hydrogens (tertiary/aromatic N) is 4. The molecule has 23 heavy (non-hydrogen) atoms. The lowest BCUT2D eigenvalue weighted by atomic mass is 10.1. The topological polar surface area (TPSA) is 93.8 Å². The van der Waals surface area contributed by atoms with E-state index in [1.54, 1.807) is 5.51 Å². The van der Waals surface area contributed by atoms with Crippen molar-refractivity contribution in [3.8, 4) is 11.4 Å². The van der Waals surface area contributed by atoms with Crippen LogP contribution in [0.4, 0.5) is 5.13 Å². The van der Waals surface area contributed by atoms with Gasteiger partial charge in [0.25, 0.3) is 0 Å². The maximum Gasteiger partial charge on any atom is 0.226 e. The van der Waals surface area contributed by atoms with Gasteiger partial charge < -0.3 is 9.84 Å². The van der Waals surface area contributed by atoms with Gasteiger partial charge in [0.05, 0.1) is 0 Å². The summed E-state index contributed by atoms with van der Waals surface area (Å²) < 4.78 is 5.22. The van der Waals surface area contributed by atoms with E-state index in [0.717, 1.165) is 5.56 Å². The van der Waals surface area contributed by atoms with E-state index in [1.165, 1.54) is 16.9 Å². The van der Waals surface area contributed by atoms with Crippen LogP contribution in [-0.4, -0.2) is 26.2 Å². The van der Waals surface area contributed by atoms with Crippen molar-refractivity contribution < 1.29 is 9.32 Å². The normalized spacial score (nSPS) is 10.7. The van der Waals surface area contributed by atoms with Crippen molar-refractivity contribution in [2.75, 3.05) is 5.32 Å². The molecule has 0 aliphatic rings. The summed E-state index contributed by atoms with van der Waals surface area (Å²) in [7, 11) is 0. The number of aryl methyl sites for hydroxylation is 2. The number of carbonyl (C=O) groups excluding carboxylic acids is 1. The van der Waals surface area contributed by atoms with Crippen LogP contribution in [0.3, 0.4) is 0 Å². The highest BCUT2D eigenvalue weighted by Gasteiger charge is 2.10. The highest BCUT2D eigenvalue weighted by molar-refractivity contribution is 7.13. The minimum absolute atomic E-state index is 0.0972. The molecule has 0 unspecified atom stereocenters. The molecule has 7 nitrogen and oxygen atoms in total. The van der Waals surface area contributed by atoms with Crippen molar-refractivity contribution in [2.45, 2.75) is 26.2 Å². The number of carbonyl (C=O) groups is 1. The van der Waals surface area contributed by atoms with Crippen molar-refractivity contribution in [3.05, 3.63) is 41.2 Å². The molecule has 1 aromatic carbocycles. The van der Waals surface area contributed by atoms with Crippen molar-refractivity contribution >= 4 is 22.4 Å². The molecule has 0 saturated carbocycles. The minimum atomic E-state index is -0.0972. The zero-order valence-electron chi connectivity index (χ0n) is 12.5. The minimum Gasteiger partial charge on any atom is -0.339 e. The summed E-state index contributed by atoms with van der Waals surface area (Å²) in [6, 6.07) is 7.92. The van der Waals surface area contributed by atoms with Gasteiger partial charge in [-0.25, -0.2) is 0 Å². The van der Waals surface area contributed by atoms with Crippen molar-refractivity contribution in [3.63, 3.8) is 0 Å². The first-order chi connectivity index (χ1) is 11.2. The fourth-order valence-electron chi connectivity index (χ4n) is 1.99. The van der Waals surface area contributed by atoms with Crippen LogP contribution in [0, 0.1) is 6.92 Å². The lowest BCUT2D eigenvalue weighted by Crippen LogP contribution is -2.11. The van der Waals surface area contributed by atoms with Crippen LogP contribution >= 0.6 is 11.3 Å². The molecule has 1 N–H and O–H groups in total. The monoisotopic (exact) mass is 329 g/mol. The van der Waals surface area contributed by atoms with Crippen LogP contribution in [0.2, 0.25) is 0 Å². The average Bonchev–Trinajstić information content (AvgIpc) is 3.20. The Balaban J connectivity index is 1.49. The van der Waals surface area contributed by atoms with Gasteiger partial charge in [-0.05, 0) is 13.3 Å². The van der Waals surface area contributed by atoms with E-state index in [2.05, 4.69) is 25.7 Å². The fourth-order valence-corrected chi connectivity index (χ4v) is 2.45. The first-order valence-electron chi connectivity index (χ1n) is 7.16. The van der Waals surface area contributed by atoms with Crippen LogP contribution in [0.1, 0.15) is 24.3 Å². The molecular formula is C15H15N5O2S. The second kappa shape index (κ2) is 7.10. The Morgan fingerprint density at radius 2 is 2.13 bits per heavy atom. The van der Waals surface area contributed by atoms with Crippen LogP contribution in [0.25, 0.3) is 11.4 Å². The largest absolute Gasteiger partial charge is 0.339 e. The van der Waals surface area contributed by atoms with Crippen LogP contribution < -0.4 is 5.32 Å². The van der Waals surface area contributed by atoms with E-state index in [1.807, 2.05) is 31.2 Å². The second-order valence-electron chi connectivity index (χ2n) is 5.02. The quantitative estimate of drug-likeness (QED) is 0.747. The number of amides is 1. The van der Waals surface area contributed by atoms with E-state index >= 15 is 0 Å². The number of anilines is 1. The van der Waals surface area contributed by atoms with Crippen molar-refractivity contribution in [2.24, 2.45) is 0 Å². The second-order valence-corrected chi connectivity index (χ2v) is 5.86. The fraction of sp³-hybridized carbons (Fsp3) is 0.267. The number of benzene rings is 1. The Morgan fingerprint density at radius 1 is 1.30 bits per heavy atom. The molecule has 0 aliphatic carbocycles. The molecule has 3 aromatic rings. The predicted octanol–water partition coefficient (Wildman–Crippen LogP) is 2.86. The number of hydrogen-bond donors (Lipinski definition) is 1. The van der Waals surface area contributed by atoms with E-state index in [9.17, 15) is 4.79 Å². The van der Waals surface area contributed by atoms with Crippen LogP contribution in [0.15, 0.2) is 34.3 Å². The smallest absolute Gasteiger partial charge is 0.226 e. The van der Waals surface area contributed by atoms with Gasteiger partial charge in [-0.3, -0.25) is 4.79 Å². The molecule has 0 bridgehead atoms. The zero-order valence-corrected chi connectivity index (χ0v) is 13.3. The van der Waals surface area contributed by atoms with Crippen LogP contribution in [-0.2, 0) is 11.2 Å². The SMILES string of the molecule is Cc1ccc(-c2noc(CCCC(=O)Nc3nncs3)n2)cc1. The molecule has 1 amide bonds. The van der Waals surface area contributed by atoms with E-state index < -0.39 is 0 Å². The summed E-state index contributed by atoms with van der Waals surface area (Å²) in [5.74, 6) is 1.00. The molecule has 0 aliphatic heterocycles. The van der Waals surface area contributed by atoms with Gasteiger partial charge in [0, 0.05) is 18.4 Å². The Morgan fingerprint density at radius 3 is 2.87 bits per heavy atom. The van der Waals surface area contributed by atoms with Gasteiger partial charge in [0.15, 0.2) is 0 Å². The maximum absolute atomic E-state index is 11.7. The molecule has 0 radical (unpaired) electrons. The van der Waals surface area contributed by atoms with E-state index in [0.29, 0.717) is 36.1 Å². The van der Waals surface area contributed by atoms with Gasteiger partial charge in [0.2, 0.25) is 22.8 Å². The highest BCUT2D eigenvalue weighted by Crippen LogP contribution is 2.17. The van der Waals surface area contributed by atoms with Gasteiger partial charge in [-0.2, -0.15) is 4.98 Å². The third kappa shape index (κ3) is 4.19. The standard InChI is InChI=1S/C15H15N5O2S/c1-10-5-7-11(8-6-10)14-18-13(22-20-14)4-2-3-12(21)17-15-19-16-9-23-15/h5-9H,2-4H2,1H3,(H,17,19,21). The number of aromatic nitrogens is 4. The van der Waals surface area contributed by atoms with Gasteiger partial charge >= 0.3 is 0 Å². The lowest BCUT2D eigenvalue weighted by Gasteiger charge is -1.99. The molecular weight excluding hydrogens is 314 g/mol. The molecule has 3 rings (SSSR count). The molecule has 0 fully saturated rings. The summed E-state index contributed by atoms with van der Waals surface area (Å²) in [6.07, 6.45) is 1.55. The molecule has 8 heteroatoms.